The number of rotatable bonds is 6. The molecular formula is C29H27N3O3. The molecule has 0 radical (unpaired) electrons. The molecule has 4 aromatic rings. The molecule has 4 N–H and O–H groups in total. The normalized spacial score (nSPS) is 15.8. The topological polar surface area (TPSA) is 97.4 Å². The van der Waals surface area contributed by atoms with Crippen LogP contribution in [0, 0.1) is 0 Å². The van der Waals surface area contributed by atoms with Crippen molar-refractivity contribution in [2.75, 3.05) is 13.1 Å². The first kappa shape index (κ1) is 21.8. The van der Waals surface area contributed by atoms with E-state index in [2.05, 4.69) is 23.5 Å². The second-order valence-electron chi connectivity index (χ2n) is 9.59. The minimum Gasteiger partial charge on any atom is -0.392 e. The molecule has 1 aromatic heterocycles. The van der Waals surface area contributed by atoms with Crippen molar-refractivity contribution in [1.82, 2.24) is 9.88 Å². The monoisotopic (exact) mass is 465 g/mol. The molecule has 35 heavy (non-hydrogen) atoms. The smallest absolute Gasteiger partial charge is 0.263 e. The molecule has 6 heteroatoms. The van der Waals surface area contributed by atoms with E-state index in [1.807, 2.05) is 30.3 Å². The van der Waals surface area contributed by atoms with Gasteiger partial charge in [-0.3, -0.25) is 14.2 Å². The summed E-state index contributed by atoms with van der Waals surface area (Å²) in [5.74, 6) is 0.319. The molecule has 0 atom stereocenters. The SMILES string of the molecule is NC(=O)c1cccc(-c2cccc(-n3c(C4CNC4)cc4cc(C5CC5)ccc4c3=O)c2CO)c1. The summed E-state index contributed by atoms with van der Waals surface area (Å²) in [4.78, 5) is 25.7. The summed E-state index contributed by atoms with van der Waals surface area (Å²) in [6.45, 7) is 1.36. The van der Waals surface area contributed by atoms with Gasteiger partial charge in [0.2, 0.25) is 5.91 Å². The fourth-order valence-corrected chi connectivity index (χ4v) is 5.14. The second kappa shape index (κ2) is 8.48. The molecule has 2 heterocycles. The fraction of sp³-hybridized carbons (Fsp3) is 0.241. The van der Waals surface area contributed by atoms with E-state index in [1.54, 1.807) is 22.8 Å². The van der Waals surface area contributed by atoms with Gasteiger partial charge in [0.15, 0.2) is 0 Å². The van der Waals surface area contributed by atoms with Crippen LogP contribution in [0.5, 0.6) is 0 Å². The number of hydrogen-bond donors (Lipinski definition) is 3. The maximum absolute atomic E-state index is 14.0. The predicted molar refractivity (Wildman–Crippen MR) is 137 cm³/mol. The molecule has 1 saturated carbocycles. The Balaban J connectivity index is 1.58. The minimum absolute atomic E-state index is 0.0792. The molecule has 6 rings (SSSR count). The molecule has 6 nitrogen and oxygen atoms in total. The third kappa shape index (κ3) is 3.75. The number of aliphatic hydroxyl groups is 1. The van der Waals surface area contributed by atoms with E-state index in [4.69, 9.17) is 5.73 Å². The van der Waals surface area contributed by atoms with Crippen molar-refractivity contribution in [1.29, 1.82) is 0 Å². The van der Waals surface area contributed by atoms with Crippen LogP contribution in [0.25, 0.3) is 27.6 Å². The number of primary amides is 1. The van der Waals surface area contributed by atoms with Gasteiger partial charge in [0.25, 0.3) is 5.56 Å². The van der Waals surface area contributed by atoms with Gasteiger partial charge in [0.1, 0.15) is 0 Å². The Hall–Kier alpha value is -3.74. The third-order valence-electron chi connectivity index (χ3n) is 7.33. The van der Waals surface area contributed by atoms with E-state index in [0.29, 0.717) is 28.1 Å². The van der Waals surface area contributed by atoms with Gasteiger partial charge < -0.3 is 16.2 Å². The zero-order valence-electron chi connectivity index (χ0n) is 19.3. The average Bonchev–Trinajstić information content (AvgIpc) is 3.68. The Kier molecular flexibility index (Phi) is 5.28. The Bertz CT molecular complexity index is 1530. The van der Waals surface area contributed by atoms with Crippen molar-refractivity contribution in [3.05, 3.63) is 99.5 Å². The number of fused-ring (bicyclic) bond motifs is 1. The number of hydrogen-bond acceptors (Lipinski definition) is 4. The van der Waals surface area contributed by atoms with Gasteiger partial charge in [-0.15, -0.1) is 0 Å². The number of nitrogens with one attached hydrogen (secondary N) is 1. The van der Waals surface area contributed by atoms with E-state index in [0.717, 1.165) is 35.3 Å². The van der Waals surface area contributed by atoms with Crippen LogP contribution in [0.15, 0.2) is 71.5 Å². The van der Waals surface area contributed by atoms with Gasteiger partial charge in [-0.05, 0) is 71.2 Å². The first-order valence-electron chi connectivity index (χ1n) is 12.1. The summed E-state index contributed by atoms with van der Waals surface area (Å²) in [5.41, 5.74) is 10.9. The van der Waals surface area contributed by atoms with Crippen molar-refractivity contribution in [2.24, 2.45) is 5.73 Å². The zero-order valence-corrected chi connectivity index (χ0v) is 19.3. The lowest BCUT2D eigenvalue weighted by atomic mass is 9.93. The Morgan fingerprint density at radius 2 is 1.80 bits per heavy atom. The van der Waals surface area contributed by atoms with E-state index in [1.165, 1.54) is 18.4 Å². The molecule has 3 aromatic carbocycles. The summed E-state index contributed by atoms with van der Waals surface area (Å²) in [6, 6.07) is 21.1. The highest BCUT2D eigenvalue weighted by atomic mass is 16.3. The quantitative estimate of drug-likeness (QED) is 0.403. The number of carbonyl (C=O) groups is 1. The van der Waals surface area contributed by atoms with E-state index in [-0.39, 0.29) is 18.1 Å². The van der Waals surface area contributed by atoms with E-state index in [9.17, 15) is 14.7 Å². The van der Waals surface area contributed by atoms with Gasteiger partial charge in [-0.1, -0.05) is 36.4 Å². The molecule has 2 fully saturated rings. The summed E-state index contributed by atoms with van der Waals surface area (Å²) in [6.07, 6.45) is 2.43. The number of benzene rings is 3. The van der Waals surface area contributed by atoms with Gasteiger partial charge in [-0.25, -0.2) is 0 Å². The molecular weight excluding hydrogens is 438 g/mol. The van der Waals surface area contributed by atoms with Crippen LogP contribution in [-0.2, 0) is 6.61 Å². The van der Waals surface area contributed by atoms with Gasteiger partial charge in [-0.2, -0.15) is 0 Å². The van der Waals surface area contributed by atoms with Gasteiger partial charge in [0.05, 0.1) is 12.3 Å². The summed E-state index contributed by atoms with van der Waals surface area (Å²) in [7, 11) is 0. The lowest BCUT2D eigenvalue weighted by Gasteiger charge is -2.31. The first-order chi connectivity index (χ1) is 17.0. The molecule has 176 valence electrons. The number of carbonyl (C=O) groups excluding carboxylic acids is 1. The predicted octanol–water partition coefficient (Wildman–Crippen LogP) is 3.81. The summed E-state index contributed by atoms with van der Waals surface area (Å²) < 4.78 is 1.78. The second-order valence-corrected chi connectivity index (χ2v) is 9.59. The first-order valence-corrected chi connectivity index (χ1v) is 12.1. The lowest BCUT2D eigenvalue weighted by Crippen LogP contribution is -2.42. The van der Waals surface area contributed by atoms with Crippen LogP contribution in [0.4, 0.5) is 0 Å². The number of aromatic nitrogens is 1. The molecule has 1 saturated heterocycles. The summed E-state index contributed by atoms with van der Waals surface area (Å²) in [5, 5.41) is 15.5. The van der Waals surface area contributed by atoms with Crippen LogP contribution >= 0.6 is 0 Å². The summed E-state index contributed by atoms with van der Waals surface area (Å²) >= 11 is 0. The van der Waals surface area contributed by atoms with E-state index >= 15 is 0 Å². The van der Waals surface area contributed by atoms with Crippen molar-refractivity contribution < 1.29 is 9.90 Å². The third-order valence-corrected chi connectivity index (χ3v) is 7.33. The molecule has 0 bridgehead atoms. The van der Waals surface area contributed by atoms with Crippen LogP contribution in [-0.4, -0.2) is 28.7 Å². The number of aliphatic hydroxyl groups excluding tert-OH is 1. The van der Waals surface area contributed by atoms with Crippen molar-refractivity contribution in [3.8, 4) is 16.8 Å². The molecule has 2 aliphatic rings. The van der Waals surface area contributed by atoms with Crippen LogP contribution < -0.4 is 16.6 Å². The van der Waals surface area contributed by atoms with Crippen LogP contribution in [0.2, 0.25) is 0 Å². The zero-order chi connectivity index (χ0) is 24.1. The molecule has 1 aliphatic heterocycles. The van der Waals surface area contributed by atoms with Crippen LogP contribution in [0.3, 0.4) is 0 Å². The number of pyridine rings is 1. The molecule has 0 spiro atoms. The van der Waals surface area contributed by atoms with Gasteiger partial charge in [0, 0.05) is 41.2 Å². The molecule has 0 unspecified atom stereocenters. The van der Waals surface area contributed by atoms with Gasteiger partial charge >= 0.3 is 0 Å². The maximum atomic E-state index is 14.0. The maximum Gasteiger partial charge on any atom is 0.263 e. The highest BCUT2D eigenvalue weighted by molar-refractivity contribution is 5.94. The number of nitrogens with two attached hydrogens (primary N) is 1. The molecule has 1 aliphatic carbocycles. The molecule has 1 amide bonds. The lowest BCUT2D eigenvalue weighted by molar-refractivity contribution is 0.100. The Morgan fingerprint density at radius 3 is 2.49 bits per heavy atom. The Morgan fingerprint density at radius 1 is 1.00 bits per heavy atom. The fourth-order valence-electron chi connectivity index (χ4n) is 5.14. The Labute approximate surface area is 203 Å². The van der Waals surface area contributed by atoms with E-state index < -0.39 is 5.91 Å². The highest BCUT2D eigenvalue weighted by Crippen LogP contribution is 2.41. The minimum atomic E-state index is -0.510. The number of amides is 1. The highest BCUT2D eigenvalue weighted by Gasteiger charge is 2.27. The van der Waals surface area contributed by atoms with Crippen molar-refractivity contribution >= 4 is 16.7 Å². The largest absolute Gasteiger partial charge is 0.392 e. The van der Waals surface area contributed by atoms with Crippen LogP contribution in [0.1, 0.15) is 51.9 Å². The number of nitrogens with zero attached hydrogens (tertiary/aromatic N) is 1. The standard InChI is InChI=1S/C29H27N3O3/c30-28(34)20-4-1-3-19(12-20)23-5-2-6-26(25(23)16-33)32-27(22-14-31-15-22)13-21-11-18(17-7-8-17)9-10-24(21)29(32)35/h1-6,9-13,17,22,31,33H,7-8,14-16H2,(H2,30,34). The van der Waals surface area contributed by atoms with Crippen molar-refractivity contribution in [2.45, 2.75) is 31.3 Å². The average molecular weight is 466 g/mol. The van der Waals surface area contributed by atoms with Crippen molar-refractivity contribution in [3.63, 3.8) is 0 Å².